The van der Waals surface area contributed by atoms with Crippen molar-refractivity contribution >= 4 is 0 Å². The zero-order chi connectivity index (χ0) is 11.9. The van der Waals surface area contributed by atoms with Crippen molar-refractivity contribution in [3.63, 3.8) is 0 Å². The van der Waals surface area contributed by atoms with Crippen molar-refractivity contribution in [1.29, 1.82) is 0 Å². The van der Waals surface area contributed by atoms with Gasteiger partial charge in [0.15, 0.2) is 0 Å². The summed E-state index contributed by atoms with van der Waals surface area (Å²) in [7, 11) is 0. The van der Waals surface area contributed by atoms with E-state index in [9.17, 15) is 5.11 Å². The number of hydrogen-bond donors (Lipinski definition) is 1. The summed E-state index contributed by atoms with van der Waals surface area (Å²) in [4.78, 5) is 0. The minimum atomic E-state index is -0.874. The van der Waals surface area contributed by atoms with Gasteiger partial charge in [-0.15, -0.1) is 0 Å². The van der Waals surface area contributed by atoms with Gasteiger partial charge in [0.1, 0.15) is 5.60 Å². The summed E-state index contributed by atoms with van der Waals surface area (Å²) in [6, 6.07) is 0. The Hall–Kier alpha value is -1.00. The summed E-state index contributed by atoms with van der Waals surface area (Å²) in [5.74, 6) is 5.82. The highest BCUT2D eigenvalue weighted by molar-refractivity contribution is 5.16. The maximum atomic E-state index is 9.91. The van der Waals surface area contributed by atoms with Crippen molar-refractivity contribution in [2.24, 2.45) is 0 Å². The Bertz CT molecular complexity index is 293. The van der Waals surface area contributed by atoms with Crippen LogP contribution in [-0.2, 0) is 0 Å². The lowest BCUT2D eigenvalue weighted by molar-refractivity contribution is 0.113. The summed E-state index contributed by atoms with van der Waals surface area (Å²) >= 11 is 0. The first-order valence-corrected chi connectivity index (χ1v) is 5.33. The van der Waals surface area contributed by atoms with Crippen LogP contribution in [0.15, 0.2) is 23.8 Å². The van der Waals surface area contributed by atoms with Gasteiger partial charge >= 0.3 is 0 Å². The average Bonchev–Trinajstić information content (AvgIpc) is 2.01. The SMILES string of the molecule is C=C(C)CC#CC(C)(O)CCC=C(C)C. The number of aliphatic hydroxyl groups is 1. The minimum Gasteiger partial charge on any atom is -0.378 e. The van der Waals surface area contributed by atoms with Crippen LogP contribution in [0, 0.1) is 11.8 Å². The van der Waals surface area contributed by atoms with E-state index in [-0.39, 0.29) is 0 Å². The van der Waals surface area contributed by atoms with Gasteiger partial charge < -0.3 is 5.11 Å². The van der Waals surface area contributed by atoms with E-state index in [1.165, 1.54) is 5.57 Å². The van der Waals surface area contributed by atoms with Crippen LogP contribution in [0.5, 0.6) is 0 Å². The van der Waals surface area contributed by atoms with Gasteiger partial charge in [-0.25, -0.2) is 0 Å². The first-order valence-electron chi connectivity index (χ1n) is 5.33. The predicted molar refractivity (Wildman–Crippen MR) is 66.5 cm³/mol. The van der Waals surface area contributed by atoms with Crippen molar-refractivity contribution < 1.29 is 5.11 Å². The number of rotatable bonds is 4. The molecule has 0 aliphatic carbocycles. The Balaban J connectivity index is 4.10. The second-order valence-electron chi connectivity index (χ2n) is 4.53. The van der Waals surface area contributed by atoms with Crippen molar-refractivity contribution in [3.05, 3.63) is 23.8 Å². The molecule has 1 nitrogen and oxygen atoms in total. The van der Waals surface area contributed by atoms with Crippen LogP contribution >= 0.6 is 0 Å². The van der Waals surface area contributed by atoms with Crippen LogP contribution < -0.4 is 0 Å². The second kappa shape index (κ2) is 6.48. The lowest BCUT2D eigenvalue weighted by Gasteiger charge is -2.14. The molecular weight excluding hydrogens is 184 g/mol. The molecule has 0 aromatic heterocycles. The highest BCUT2D eigenvalue weighted by Gasteiger charge is 2.14. The van der Waals surface area contributed by atoms with E-state index >= 15 is 0 Å². The number of allylic oxidation sites excluding steroid dienone is 3. The highest BCUT2D eigenvalue weighted by Crippen LogP contribution is 2.12. The zero-order valence-electron chi connectivity index (χ0n) is 10.4. The maximum Gasteiger partial charge on any atom is 0.123 e. The molecule has 0 bridgehead atoms. The van der Waals surface area contributed by atoms with E-state index in [2.05, 4.69) is 38.3 Å². The van der Waals surface area contributed by atoms with E-state index in [1.54, 1.807) is 6.92 Å². The fourth-order valence-corrected chi connectivity index (χ4v) is 1.09. The van der Waals surface area contributed by atoms with Gasteiger partial charge in [0.05, 0.1) is 0 Å². The molecule has 15 heavy (non-hydrogen) atoms. The molecule has 0 aromatic rings. The largest absolute Gasteiger partial charge is 0.378 e. The Morgan fingerprint density at radius 3 is 2.47 bits per heavy atom. The Kier molecular flexibility index (Phi) is 6.05. The average molecular weight is 206 g/mol. The van der Waals surface area contributed by atoms with Gasteiger partial charge in [0.2, 0.25) is 0 Å². The van der Waals surface area contributed by atoms with Crippen LogP contribution in [0.25, 0.3) is 0 Å². The third-order valence-corrected chi connectivity index (χ3v) is 1.93. The molecule has 0 amide bonds. The molecule has 0 fully saturated rings. The molecule has 1 unspecified atom stereocenters. The fourth-order valence-electron chi connectivity index (χ4n) is 1.09. The van der Waals surface area contributed by atoms with Crippen LogP contribution in [0.2, 0.25) is 0 Å². The molecule has 0 saturated heterocycles. The topological polar surface area (TPSA) is 20.2 Å². The minimum absolute atomic E-state index is 0.665. The normalized spacial score (nSPS) is 13.4. The van der Waals surface area contributed by atoms with Gasteiger partial charge in [-0.05, 0) is 40.5 Å². The van der Waals surface area contributed by atoms with E-state index < -0.39 is 5.60 Å². The molecule has 0 rings (SSSR count). The van der Waals surface area contributed by atoms with Gasteiger partial charge in [-0.3, -0.25) is 0 Å². The molecule has 84 valence electrons. The molecule has 0 aliphatic heterocycles. The third-order valence-electron chi connectivity index (χ3n) is 1.93. The summed E-state index contributed by atoms with van der Waals surface area (Å²) in [5, 5.41) is 9.91. The molecule has 1 atom stereocenters. The zero-order valence-corrected chi connectivity index (χ0v) is 10.4. The molecule has 0 heterocycles. The first kappa shape index (κ1) is 14.0. The smallest absolute Gasteiger partial charge is 0.123 e. The van der Waals surface area contributed by atoms with Crippen LogP contribution in [0.1, 0.15) is 47.0 Å². The Morgan fingerprint density at radius 1 is 1.40 bits per heavy atom. The van der Waals surface area contributed by atoms with Crippen LogP contribution in [-0.4, -0.2) is 10.7 Å². The molecule has 0 aromatic carbocycles. The van der Waals surface area contributed by atoms with Gasteiger partial charge in [0.25, 0.3) is 0 Å². The molecule has 1 heteroatoms. The van der Waals surface area contributed by atoms with Crippen LogP contribution in [0.4, 0.5) is 0 Å². The second-order valence-corrected chi connectivity index (χ2v) is 4.53. The fraction of sp³-hybridized carbons (Fsp3) is 0.571. The van der Waals surface area contributed by atoms with Crippen molar-refractivity contribution in [2.45, 2.75) is 52.6 Å². The molecule has 0 spiro atoms. The molecule has 0 aliphatic rings. The van der Waals surface area contributed by atoms with Gasteiger partial charge in [-0.1, -0.05) is 35.6 Å². The van der Waals surface area contributed by atoms with Crippen molar-refractivity contribution in [1.82, 2.24) is 0 Å². The Labute approximate surface area is 93.9 Å². The van der Waals surface area contributed by atoms with Gasteiger partial charge in [0, 0.05) is 6.42 Å². The number of hydrogen-bond acceptors (Lipinski definition) is 1. The van der Waals surface area contributed by atoms with E-state index in [0.29, 0.717) is 12.8 Å². The van der Waals surface area contributed by atoms with E-state index in [1.807, 2.05) is 6.92 Å². The van der Waals surface area contributed by atoms with Crippen LogP contribution in [0.3, 0.4) is 0 Å². The first-order chi connectivity index (χ1) is 6.83. The van der Waals surface area contributed by atoms with E-state index in [0.717, 1.165) is 12.0 Å². The summed E-state index contributed by atoms with van der Waals surface area (Å²) < 4.78 is 0. The van der Waals surface area contributed by atoms with Crippen molar-refractivity contribution in [3.8, 4) is 11.8 Å². The lowest BCUT2D eigenvalue weighted by atomic mass is 10.00. The predicted octanol–water partition coefficient (Wildman–Crippen LogP) is 3.45. The molecule has 1 N–H and O–H groups in total. The Morgan fingerprint density at radius 2 is 2.00 bits per heavy atom. The van der Waals surface area contributed by atoms with Gasteiger partial charge in [-0.2, -0.15) is 0 Å². The summed E-state index contributed by atoms with van der Waals surface area (Å²) in [6.07, 6.45) is 4.34. The summed E-state index contributed by atoms with van der Waals surface area (Å²) in [5.41, 5.74) is 1.43. The quantitative estimate of drug-likeness (QED) is 0.551. The summed E-state index contributed by atoms with van der Waals surface area (Å²) in [6.45, 7) is 11.6. The van der Waals surface area contributed by atoms with Crippen molar-refractivity contribution in [2.75, 3.05) is 0 Å². The monoisotopic (exact) mass is 206 g/mol. The molecular formula is C14H22O. The lowest BCUT2D eigenvalue weighted by Crippen LogP contribution is -2.20. The van der Waals surface area contributed by atoms with E-state index in [4.69, 9.17) is 0 Å². The standard InChI is InChI=1S/C14H22O/c1-12(2)8-6-10-14(5,15)11-7-9-13(3)4/h9,15H,1,7-8,11H2,2-5H3. The molecule has 0 saturated carbocycles. The third kappa shape index (κ3) is 9.31. The molecule has 0 radical (unpaired) electrons. The highest BCUT2D eigenvalue weighted by atomic mass is 16.3. The maximum absolute atomic E-state index is 9.91.